The van der Waals surface area contributed by atoms with E-state index in [1.807, 2.05) is 36.4 Å². The van der Waals surface area contributed by atoms with Crippen LogP contribution in [0.2, 0.25) is 0 Å². The maximum Gasteiger partial charge on any atom is 0.219 e. The third-order valence-corrected chi connectivity index (χ3v) is 1.76. The van der Waals surface area contributed by atoms with E-state index in [0.29, 0.717) is 0 Å². The maximum atomic E-state index is 10.6. The fraction of sp³-hybridized carbons (Fsp3) is 0.200. The van der Waals surface area contributed by atoms with Gasteiger partial charge in [0, 0.05) is 6.42 Å². The van der Waals surface area contributed by atoms with Gasteiger partial charge in [0.15, 0.2) is 0 Å². The first-order valence-corrected chi connectivity index (χ1v) is 3.97. The van der Waals surface area contributed by atoms with Crippen LogP contribution in [0.1, 0.15) is 17.9 Å². The monoisotopic (exact) mass is 174 g/mol. The first-order valence-electron chi connectivity index (χ1n) is 3.97. The van der Waals surface area contributed by atoms with E-state index in [2.05, 4.69) is 0 Å². The minimum Gasteiger partial charge on any atom is -0.370 e. The summed E-state index contributed by atoms with van der Waals surface area (Å²) in [5.74, 6) is -0.867. The number of benzene rings is 1. The summed E-state index contributed by atoms with van der Waals surface area (Å²) in [6.45, 7) is 0. The molecular weight excluding hydrogens is 164 g/mol. The molecule has 0 aromatic heterocycles. The van der Waals surface area contributed by atoms with Crippen LogP contribution in [0.4, 0.5) is 0 Å². The van der Waals surface area contributed by atoms with Crippen LogP contribution in [0.3, 0.4) is 0 Å². The molecule has 0 aliphatic rings. The summed E-state index contributed by atoms with van der Waals surface area (Å²) in [6, 6.07) is 11.2. The highest BCUT2D eigenvalue weighted by Gasteiger charge is 2.12. The highest BCUT2D eigenvalue weighted by Crippen LogP contribution is 2.17. The molecule has 1 unspecified atom stereocenters. The summed E-state index contributed by atoms with van der Waals surface area (Å²) < 4.78 is 0. The highest BCUT2D eigenvalue weighted by atomic mass is 16.1. The average Bonchev–Trinajstić information content (AvgIpc) is 2.15. The van der Waals surface area contributed by atoms with Gasteiger partial charge in [-0.25, -0.2) is 0 Å². The second-order valence-corrected chi connectivity index (χ2v) is 2.76. The van der Waals surface area contributed by atoms with Gasteiger partial charge in [-0.15, -0.1) is 0 Å². The van der Waals surface area contributed by atoms with Gasteiger partial charge in [0.05, 0.1) is 12.0 Å². The topological polar surface area (TPSA) is 66.9 Å². The first kappa shape index (κ1) is 9.27. The summed E-state index contributed by atoms with van der Waals surface area (Å²) in [5, 5.41) is 8.77. The molecule has 0 spiro atoms. The van der Waals surface area contributed by atoms with Crippen LogP contribution in [0.15, 0.2) is 30.3 Å². The van der Waals surface area contributed by atoms with Gasteiger partial charge < -0.3 is 5.73 Å². The number of hydrogen-bond donors (Lipinski definition) is 1. The van der Waals surface area contributed by atoms with E-state index in [0.717, 1.165) is 5.56 Å². The van der Waals surface area contributed by atoms with Gasteiger partial charge in [-0.2, -0.15) is 5.26 Å². The molecule has 1 aromatic carbocycles. The Morgan fingerprint density at radius 3 is 2.54 bits per heavy atom. The fourth-order valence-electron chi connectivity index (χ4n) is 1.12. The van der Waals surface area contributed by atoms with E-state index in [-0.39, 0.29) is 6.42 Å². The number of primary amides is 1. The Hall–Kier alpha value is -1.82. The van der Waals surface area contributed by atoms with Crippen LogP contribution in [-0.2, 0) is 4.79 Å². The number of nitrogens with two attached hydrogens (primary N) is 1. The molecule has 3 heteroatoms. The SMILES string of the molecule is N#CC(CC(N)=O)c1ccccc1. The third-order valence-electron chi connectivity index (χ3n) is 1.76. The lowest BCUT2D eigenvalue weighted by molar-refractivity contribution is -0.118. The molecule has 1 rings (SSSR count). The lowest BCUT2D eigenvalue weighted by Crippen LogP contribution is -2.14. The third kappa shape index (κ3) is 2.60. The number of nitrogens with zero attached hydrogens (tertiary/aromatic N) is 1. The smallest absolute Gasteiger partial charge is 0.219 e. The highest BCUT2D eigenvalue weighted by molar-refractivity contribution is 5.75. The molecule has 0 aliphatic heterocycles. The number of rotatable bonds is 3. The lowest BCUT2D eigenvalue weighted by Gasteiger charge is -2.05. The standard InChI is InChI=1S/C10H10N2O/c11-7-9(6-10(12)13)8-4-2-1-3-5-8/h1-5,9H,6H2,(H2,12,13). The van der Waals surface area contributed by atoms with Crippen molar-refractivity contribution < 1.29 is 4.79 Å². The zero-order valence-corrected chi connectivity index (χ0v) is 7.10. The number of amides is 1. The second kappa shape index (κ2) is 4.27. The Labute approximate surface area is 76.8 Å². The minimum atomic E-state index is -0.449. The molecule has 0 heterocycles. The average molecular weight is 174 g/mol. The zero-order valence-electron chi connectivity index (χ0n) is 7.10. The molecule has 1 amide bonds. The van der Waals surface area contributed by atoms with Crippen LogP contribution < -0.4 is 5.73 Å². The number of nitriles is 1. The molecule has 3 nitrogen and oxygen atoms in total. The van der Waals surface area contributed by atoms with Crippen molar-refractivity contribution in [3.05, 3.63) is 35.9 Å². The largest absolute Gasteiger partial charge is 0.370 e. The summed E-state index contributed by atoms with van der Waals surface area (Å²) in [4.78, 5) is 10.6. The van der Waals surface area contributed by atoms with Crippen molar-refractivity contribution >= 4 is 5.91 Å². The van der Waals surface area contributed by atoms with Gasteiger partial charge in [-0.05, 0) is 5.56 Å². The predicted octanol–water partition coefficient (Wildman–Crippen LogP) is 1.17. The second-order valence-electron chi connectivity index (χ2n) is 2.76. The number of carbonyl (C=O) groups is 1. The minimum absolute atomic E-state index is 0.0838. The summed E-state index contributed by atoms with van der Waals surface area (Å²) in [7, 11) is 0. The quantitative estimate of drug-likeness (QED) is 0.747. The molecule has 1 atom stereocenters. The van der Waals surface area contributed by atoms with E-state index < -0.39 is 11.8 Å². The first-order chi connectivity index (χ1) is 6.24. The van der Waals surface area contributed by atoms with Crippen LogP contribution in [0.5, 0.6) is 0 Å². The van der Waals surface area contributed by atoms with Crippen molar-refractivity contribution in [1.29, 1.82) is 5.26 Å². The van der Waals surface area contributed by atoms with E-state index in [4.69, 9.17) is 11.0 Å². The van der Waals surface area contributed by atoms with Crippen LogP contribution >= 0.6 is 0 Å². The van der Waals surface area contributed by atoms with Gasteiger partial charge in [0.2, 0.25) is 5.91 Å². The molecule has 0 radical (unpaired) electrons. The molecular formula is C10H10N2O. The van der Waals surface area contributed by atoms with E-state index in [1.54, 1.807) is 0 Å². The number of carbonyl (C=O) groups excluding carboxylic acids is 1. The van der Waals surface area contributed by atoms with Gasteiger partial charge in [0.1, 0.15) is 0 Å². The van der Waals surface area contributed by atoms with Gasteiger partial charge in [0.25, 0.3) is 0 Å². The van der Waals surface area contributed by atoms with Crippen molar-refractivity contribution in [2.24, 2.45) is 5.73 Å². The summed E-state index contributed by atoms with van der Waals surface area (Å²) in [6.07, 6.45) is 0.0838. The van der Waals surface area contributed by atoms with E-state index >= 15 is 0 Å². The molecule has 0 fully saturated rings. The maximum absolute atomic E-state index is 10.6. The Bertz CT molecular complexity index is 327. The Balaban J connectivity index is 2.80. The van der Waals surface area contributed by atoms with Gasteiger partial charge in [-0.1, -0.05) is 30.3 Å². The van der Waals surface area contributed by atoms with Crippen LogP contribution in [0, 0.1) is 11.3 Å². The van der Waals surface area contributed by atoms with Crippen molar-refractivity contribution in [1.82, 2.24) is 0 Å². The van der Waals surface area contributed by atoms with Gasteiger partial charge >= 0.3 is 0 Å². The van der Waals surface area contributed by atoms with E-state index in [1.165, 1.54) is 0 Å². The molecule has 13 heavy (non-hydrogen) atoms. The lowest BCUT2D eigenvalue weighted by atomic mass is 9.97. The van der Waals surface area contributed by atoms with E-state index in [9.17, 15) is 4.79 Å². The molecule has 66 valence electrons. The Morgan fingerprint density at radius 1 is 1.46 bits per heavy atom. The van der Waals surface area contributed by atoms with Crippen LogP contribution in [-0.4, -0.2) is 5.91 Å². The molecule has 1 aromatic rings. The zero-order chi connectivity index (χ0) is 9.68. The van der Waals surface area contributed by atoms with Crippen LogP contribution in [0.25, 0.3) is 0 Å². The molecule has 2 N–H and O–H groups in total. The summed E-state index contributed by atoms with van der Waals surface area (Å²) >= 11 is 0. The number of hydrogen-bond acceptors (Lipinski definition) is 2. The molecule has 0 bridgehead atoms. The normalized spacial score (nSPS) is 11.6. The Kier molecular flexibility index (Phi) is 3.04. The summed E-state index contributed by atoms with van der Waals surface area (Å²) in [5.41, 5.74) is 5.85. The predicted molar refractivity (Wildman–Crippen MR) is 48.6 cm³/mol. The van der Waals surface area contributed by atoms with Crippen molar-refractivity contribution in [2.45, 2.75) is 12.3 Å². The molecule has 0 saturated carbocycles. The van der Waals surface area contributed by atoms with Crippen molar-refractivity contribution in [3.63, 3.8) is 0 Å². The van der Waals surface area contributed by atoms with Crippen molar-refractivity contribution in [2.75, 3.05) is 0 Å². The Morgan fingerprint density at radius 2 is 2.08 bits per heavy atom. The van der Waals surface area contributed by atoms with Crippen molar-refractivity contribution in [3.8, 4) is 6.07 Å². The molecule has 0 saturated heterocycles. The molecule has 0 aliphatic carbocycles. The fourth-order valence-corrected chi connectivity index (χ4v) is 1.12. The van der Waals surface area contributed by atoms with Gasteiger partial charge in [-0.3, -0.25) is 4.79 Å².